The predicted molar refractivity (Wildman–Crippen MR) is 74.1 cm³/mol. The minimum absolute atomic E-state index is 0.222. The van der Waals surface area contributed by atoms with Gasteiger partial charge in [0.2, 0.25) is 0 Å². The second kappa shape index (κ2) is 8.35. The molecule has 2 atom stereocenters. The smallest absolute Gasteiger partial charge is 0.314 e. The SMILES string of the molecule is CC(C)[C@H](CNC(=O)NC[C@H](C)O)N1CCOCC1. The van der Waals surface area contributed by atoms with Crippen molar-refractivity contribution in [2.75, 3.05) is 39.4 Å². The van der Waals surface area contributed by atoms with E-state index >= 15 is 0 Å². The van der Waals surface area contributed by atoms with Gasteiger partial charge in [-0.15, -0.1) is 0 Å². The summed E-state index contributed by atoms with van der Waals surface area (Å²) in [6, 6.07) is 0.0982. The molecule has 0 radical (unpaired) electrons. The third kappa shape index (κ3) is 6.22. The van der Waals surface area contributed by atoms with E-state index < -0.39 is 6.10 Å². The molecule has 6 heteroatoms. The molecular weight excluding hydrogens is 246 g/mol. The molecular formula is C13H27N3O3. The first-order valence-electron chi connectivity index (χ1n) is 7.02. The molecule has 0 unspecified atom stereocenters. The van der Waals surface area contributed by atoms with Crippen molar-refractivity contribution in [2.24, 2.45) is 5.92 Å². The molecule has 1 saturated heterocycles. The molecule has 1 aliphatic heterocycles. The number of hydrogen-bond acceptors (Lipinski definition) is 4. The molecule has 6 nitrogen and oxygen atoms in total. The number of rotatable bonds is 6. The van der Waals surface area contributed by atoms with E-state index in [0.717, 1.165) is 26.3 Å². The second-order valence-corrected chi connectivity index (χ2v) is 5.40. The van der Waals surface area contributed by atoms with Crippen LogP contribution in [-0.4, -0.2) is 67.6 Å². The van der Waals surface area contributed by atoms with Gasteiger partial charge in [-0.05, 0) is 12.8 Å². The fourth-order valence-electron chi connectivity index (χ4n) is 2.20. The molecule has 1 aliphatic rings. The van der Waals surface area contributed by atoms with Gasteiger partial charge in [-0.2, -0.15) is 0 Å². The van der Waals surface area contributed by atoms with Crippen molar-refractivity contribution in [1.29, 1.82) is 0 Å². The molecule has 0 aromatic rings. The predicted octanol–water partition coefficient (Wildman–Crippen LogP) is 0.0232. The number of aliphatic hydroxyl groups excluding tert-OH is 1. The van der Waals surface area contributed by atoms with Gasteiger partial charge in [0.15, 0.2) is 0 Å². The molecule has 0 spiro atoms. The molecule has 1 heterocycles. The van der Waals surface area contributed by atoms with Crippen LogP contribution in [0.4, 0.5) is 4.79 Å². The Morgan fingerprint density at radius 2 is 1.79 bits per heavy atom. The van der Waals surface area contributed by atoms with Gasteiger partial charge in [-0.25, -0.2) is 4.79 Å². The number of morpholine rings is 1. The van der Waals surface area contributed by atoms with Crippen molar-refractivity contribution in [2.45, 2.75) is 32.9 Å². The normalized spacial score (nSPS) is 20.1. The van der Waals surface area contributed by atoms with Gasteiger partial charge in [-0.3, -0.25) is 4.90 Å². The molecule has 0 bridgehead atoms. The second-order valence-electron chi connectivity index (χ2n) is 5.40. The van der Waals surface area contributed by atoms with Crippen LogP contribution in [0.3, 0.4) is 0 Å². The van der Waals surface area contributed by atoms with Crippen molar-refractivity contribution in [3.8, 4) is 0 Å². The Labute approximate surface area is 115 Å². The zero-order valence-electron chi connectivity index (χ0n) is 12.2. The number of carbonyl (C=O) groups excluding carboxylic acids is 1. The first-order valence-corrected chi connectivity index (χ1v) is 7.02. The number of aliphatic hydroxyl groups is 1. The fourth-order valence-corrected chi connectivity index (χ4v) is 2.20. The van der Waals surface area contributed by atoms with Crippen molar-refractivity contribution in [3.05, 3.63) is 0 Å². The molecule has 1 fully saturated rings. The van der Waals surface area contributed by atoms with Crippen molar-refractivity contribution < 1.29 is 14.6 Å². The maximum Gasteiger partial charge on any atom is 0.314 e. The van der Waals surface area contributed by atoms with Crippen LogP contribution in [-0.2, 0) is 4.74 Å². The van der Waals surface area contributed by atoms with Crippen LogP contribution >= 0.6 is 0 Å². The van der Waals surface area contributed by atoms with E-state index in [1.807, 2.05) is 0 Å². The number of urea groups is 1. The largest absolute Gasteiger partial charge is 0.392 e. The standard InChI is InChI=1S/C13H27N3O3/c1-10(2)12(16-4-6-19-7-5-16)9-15-13(18)14-8-11(3)17/h10-12,17H,4-9H2,1-3H3,(H2,14,15,18)/t11-,12-/m0/s1. The van der Waals surface area contributed by atoms with Gasteiger partial charge >= 0.3 is 6.03 Å². The Hall–Kier alpha value is -0.850. The van der Waals surface area contributed by atoms with E-state index in [1.54, 1.807) is 6.92 Å². The highest BCUT2D eigenvalue weighted by Crippen LogP contribution is 2.12. The Morgan fingerprint density at radius 3 is 2.32 bits per heavy atom. The van der Waals surface area contributed by atoms with Gasteiger partial charge in [0.1, 0.15) is 0 Å². The van der Waals surface area contributed by atoms with E-state index in [4.69, 9.17) is 9.84 Å². The molecule has 19 heavy (non-hydrogen) atoms. The maximum absolute atomic E-state index is 11.6. The average Bonchev–Trinajstić information content (AvgIpc) is 2.37. The first kappa shape index (κ1) is 16.2. The van der Waals surface area contributed by atoms with Gasteiger partial charge in [0.05, 0.1) is 19.3 Å². The lowest BCUT2D eigenvalue weighted by Crippen LogP contribution is -2.52. The number of amides is 2. The topological polar surface area (TPSA) is 73.8 Å². The van der Waals surface area contributed by atoms with Crippen LogP contribution in [0, 0.1) is 5.92 Å². The number of ether oxygens (including phenoxy) is 1. The Kier molecular flexibility index (Phi) is 7.12. The Bertz CT molecular complexity index is 266. The monoisotopic (exact) mass is 273 g/mol. The minimum Gasteiger partial charge on any atom is -0.392 e. The lowest BCUT2D eigenvalue weighted by atomic mass is 10.0. The van der Waals surface area contributed by atoms with Crippen molar-refractivity contribution in [1.82, 2.24) is 15.5 Å². The van der Waals surface area contributed by atoms with Gasteiger partial charge in [0.25, 0.3) is 0 Å². The van der Waals surface area contributed by atoms with Gasteiger partial charge < -0.3 is 20.5 Å². The van der Waals surface area contributed by atoms with E-state index in [0.29, 0.717) is 18.5 Å². The Morgan fingerprint density at radius 1 is 1.21 bits per heavy atom. The highest BCUT2D eigenvalue weighted by atomic mass is 16.5. The lowest BCUT2D eigenvalue weighted by Gasteiger charge is -2.36. The summed E-state index contributed by atoms with van der Waals surface area (Å²) in [6.45, 7) is 10.2. The highest BCUT2D eigenvalue weighted by molar-refractivity contribution is 5.73. The third-order valence-electron chi connectivity index (χ3n) is 3.31. The summed E-state index contributed by atoms with van der Waals surface area (Å²) in [5.41, 5.74) is 0. The van der Waals surface area contributed by atoms with Crippen LogP contribution in [0.1, 0.15) is 20.8 Å². The minimum atomic E-state index is -0.522. The van der Waals surface area contributed by atoms with Crippen molar-refractivity contribution in [3.63, 3.8) is 0 Å². The van der Waals surface area contributed by atoms with E-state index in [-0.39, 0.29) is 12.6 Å². The molecule has 2 amide bonds. The molecule has 3 N–H and O–H groups in total. The van der Waals surface area contributed by atoms with Crippen LogP contribution < -0.4 is 10.6 Å². The summed E-state index contributed by atoms with van der Waals surface area (Å²) in [5, 5.41) is 14.6. The summed E-state index contributed by atoms with van der Waals surface area (Å²) in [5.74, 6) is 0.468. The average molecular weight is 273 g/mol. The van der Waals surface area contributed by atoms with E-state index in [1.165, 1.54) is 0 Å². The summed E-state index contributed by atoms with van der Waals surface area (Å²) in [7, 11) is 0. The van der Waals surface area contributed by atoms with E-state index in [2.05, 4.69) is 29.4 Å². The molecule has 112 valence electrons. The molecule has 0 aromatic heterocycles. The number of carbonyl (C=O) groups is 1. The van der Waals surface area contributed by atoms with Crippen molar-refractivity contribution >= 4 is 6.03 Å². The lowest BCUT2D eigenvalue weighted by molar-refractivity contribution is 0.00718. The van der Waals surface area contributed by atoms with Crippen LogP contribution in [0.25, 0.3) is 0 Å². The summed E-state index contributed by atoms with van der Waals surface area (Å²) in [4.78, 5) is 13.9. The molecule has 1 rings (SSSR count). The van der Waals surface area contributed by atoms with Crippen LogP contribution in [0.5, 0.6) is 0 Å². The quantitative estimate of drug-likeness (QED) is 0.638. The summed E-state index contributed by atoms with van der Waals surface area (Å²) < 4.78 is 5.35. The third-order valence-corrected chi connectivity index (χ3v) is 3.31. The van der Waals surface area contributed by atoms with Crippen LogP contribution in [0.15, 0.2) is 0 Å². The van der Waals surface area contributed by atoms with E-state index in [9.17, 15) is 4.79 Å². The number of hydrogen-bond donors (Lipinski definition) is 3. The number of nitrogens with one attached hydrogen (secondary N) is 2. The molecule has 0 aliphatic carbocycles. The van der Waals surface area contributed by atoms with Crippen LogP contribution in [0.2, 0.25) is 0 Å². The zero-order chi connectivity index (χ0) is 14.3. The highest BCUT2D eigenvalue weighted by Gasteiger charge is 2.24. The fraction of sp³-hybridized carbons (Fsp3) is 0.923. The summed E-state index contributed by atoms with van der Waals surface area (Å²) >= 11 is 0. The molecule has 0 saturated carbocycles. The first-order chi connectivity index (χ1) is 9.00. The van der Waals surface area contributed by atoms with Gasteiger partial charge in [-0.1, -0.05) is 13.8 Å². The summed E-state index contributed by atoms with van der Waals surface area (Å²) in [6.07, 6.45) is -0.522. The molecule has 0 aromatic carbocycles. The van der Waals surface area contributed by atoms with Gasteiger partial charge in [0, 0.05) is 32.2 Å². The zero-order valence-corrected chi connectivity index (χ0v) is 12.2. The Balaban J connectivity index is 2.34. The maximum atomic E-state index is 11.6. The number of nitrogens with zero attached hydrogens (tertiary/aromatic N) is 1.